The molecule has 0 aliphatic rings. The molecule has 0 bridgehead atoms. The lowest BCUT2D eigenvalue weighted by Crippen LogP contribution is -2.09. The van der Waals surface area contributed by atoms with Crippen LogP contribution < -0.4 is 11.1 Å². The third kappa shape index (κ3) is 3.29. The lowest BCUT2D eigenvalue weighted by atomic mass is 10.1. The number of halogens is 4. The molecule has 0 aliphatic heterocycles. The van der Waals surface area contributed by atoms with Gasteiger partial charge >= 0.3 is 6.18 Å². The number of nitrogens with two attached hydrogens (primary N) is 1. The van der Waals surface area contributed by atoms with Crippen LogP contribution in [0.5, 0.6) is 0 Å². The van der Waals surface area contributed by atoms with Crippen molar-refractivity contribution in [3.63, 3.8) is 0 Å². The van der Waals surface area contributed by atoms with Crippen molar-refractivity contribution >= 4 is 28.8 Å². The molecular weight excluding hydrogens is 279 g/mol. The van der Waals surface area contributed by atoms with Crippen molar-refractivity contribution in [2.45, 2.75) is 6.18 Å². The average Bonchev–Trinajstić information content (AvgIpc) is 2.33. The third-order valence-electron chi connectivity index (χ3n) is 2.35. The maximum Gasteiger partial charge on any atom is 0.418 e. The second-order valence-corrected chi connectivity index (χ2v) is 4.22. The number of nitrogens with zero attached hydrogens (tertiary/aromatic N) is 1. The molecule has 0 atom stereocenters. The summed E-state index contributed by atoms with van der Waals surface area (Å²) in [6.07, 6.45) is -3.14. The molecule has 100 valence electrons. The second kappa shape index (κ2) is 4.97. The zero-order chi connectivity index (χ0) is 14.0. The molecule has 7 heteroatoms. The summed E-state index contributed by atoms with van der Waals surface area (Å²) in [4.78, 5) is 3.79. The average molecular weight is 288 g/mol. The summed E-state index contributed by atoms with van der Waals surface area (Å²) in [5.74, 6) is 0.290. The van der Waals surface area contributed by atoms with E-state index in [2.05, 4.69) is 10.3 Å². The Balaban J connectivity index is 2.37. The monoisotopic (exact) mass is 287 g/mol. The zero-order valence-electron chi connectivity index (χ0n) is 9.50. The minimum atomic E-state index is -4.49. The number of anilines is 3. The number of aromatic nitrogens is 1. The molecule has 0 unspecified atom stereocenters. The van der Waals surface area contributed by atoms with E-state index in [-0.39, 0.29) is 16.5 Å². The molecular formula is C12H9ClF3N3. The molecule has 1 aromatic heterocycles. The highest BCUT2D eigenvalue weighted by molar-refractivity contribution is 6.30. The fourth-order valence-corrected chi connectivity index (χ4v) is 1.67. The molecule has 3 N–H and O–H groups in total. The van der Waals surface area contributed by atoms with Crippen LogP contribution in [0.2, 0.25) is 5.02 Å². The standard InChI is InChI=1S/C12H9ClF3N3/c13-7-1-3-10(9(5-7)12(14,15)16)19-8-2-4-11(17)18-6-8/h1-6,19H,(H2,17,18). The number of hydrogen-bond acceptors (Lipinski definition) is 3. The highest BCUT2D eigenvalue weighted by atomic mass is 35.5. The van der Waals surface area contributed by atoms with Crippen molar-refractivity contribution in [2.24, 2.45) is 0 Å². The van der Waals surface area contributed by atoms with E-state index in [4.69, 9.17) is 17.3 Å². The number of nitrogen functional groups attached to an aromatic ring is 1. The predicted octanol–water partition coefficient (Wildman–Crippen LogP) is 4.08. The number of nitrogens with one attached hydrogen (secondary N) is 1. The smallest absolute Gasteiger partial charge is 0.384 e. The summed E-state index contributed by atoms with van der Waals surface area (Å²) in [7, 11) is 0. The van der Waals surface area contributed by atoms with Crippen LogP contribution in [0.3, 0.4) is 0 Å². The van der Waals surface area contributed by atoms with E-state index in [1.54, 1.807) is 0 Å². The van der Waals surface area contributed by atoms with Crippen LogP contribution in [0.1, 0.15) is 5.56 Å². The molecule has 0 fully saturated rings. The first-order chi connectivity index (χ1) is 8.86. The van der Waals surface area contributed by atoms with Gasteiger partial charge in [-0.05, 0) is 30.3 Å². The van der Waals surface area contributed by atoms with Gasteiger partial charge < -0.3 is 11.1 Å². The van der Waals surface area contributed by atoms with Gasteiger partial charge in [-0.25, -0.2) is 4.98 Å². The number of rotatable bonds is 2. The van der Waals surface area contributed by atoms with Gasteiger partial charge in [-0.1, -0.05) is 11.6 Å². The van der Waals surface area contributed by atoms with E-state index in [1.165, 1.54) is 30.5 Å². The Hall–Kier alpha value is -1.95. The van der Waals surface area contributed by atoms with E-state index >= 15 is 0 Å². The fourth-order valence-electron chi connectivity index (χ4n) is 1.49. The predicted molar refractivity (Wildman–Crippen MR) is 68.4 cm³/mol. The van der Waals surface area contributed by atoms with Gasteiger partial charge in [0.05, 0.1) is 23.1 Å². The molecule has 0 spiro atoms. The summed E-state index contributed by atoms with van der Waals surface area (Å²) in [5, 5.41) is 2.66. The molecule has 3 nitrogen and oxygen atoms in total. The van der Waals surface area contributed by atoms with E-state index in [9.17, 15) is 13.2 Å². The van der Waals surface area contributed by atoms with Crippen LogP contribution >= 0.6 is 11.6 Å². The van der Waals surface area contributed by atoms with Gasteiger partial charge in [0.15, 0.2) is 0 Å². The topological polar surface area (TPSA) is 50.9 Å². The van der Waals surface area contributed by atoms with Crippen LogP contribution in [-0.4, -0.2) is 4.98 Å². The SMILES string of the molecule is Nc1ccc(Nc2ccc(Cl)cc2C(F)(F)F)cn1. The Morgan fingerprint density at radius 1 is 1.16 bits per heavy atom. The quantitative estimate of drug-likeness (QED) is 0.875. The summed E-state index contributed by atoms with van der Waals surface area (Å²) in [6, 6.07) is 6.54. The highest BCUT2D eigenvalue weighted by Gasteiger charge is 2.33. The molecule has 2 rings (SSSR count). The molecule has 0 saturated heterocycles. The molecule has 1 heterocycles. The van der Waals surface area contributed by atoms with Crippen molar-refractivity contribution in [2.75, 3.05) is 11.1 Å². The third-order valence-corrected chi connectivity index (χ3v) is 2.59. The van der Waals surface area contributed by atoms with Crippen LogP contribution in [0, 0.1) is 0 Å². The van der Waals surface area contributed by atoms with Gasteiger partial charge in [-0.2, -0.15) is 13.2 Å². The van der Waals surface area contributed by atoms with Crippen molar-refractivity contribution in [3.05, 3.63) is 47.1 Å². The minimum Gasteiger partial charge on any atom is -0.384 e. The Morgan fingerprint density at radius 3 is 2.47 bits per heavy atom. The van der Waals surface area contributed by atoms with Crippen LogP contribution in [0.25, 0.3) is 0 Å². The van der Waals surface area contributed by atoms with Crippen LogP contribution in [-0.2, 0) is 6.18 Å². The Labute approximate surface area is 112 Å². The highest BCUT2D eigenvalue weighted by Crippen LogP contribution is 2.37. The van der Waals surface area contributed by atoms with Gasteiger partial charge in [0.2, 0.25) is 0 Å². The van der Waals surface area contributed by atoms with Crippen LogP contribution in [0.4, 0.5) is 30.4 Å². The van der Waals surface area contributed by atoms with Gasteiger partial charge in [-0.15, -0.1) is 0 Å². The van der Waals surface area contributed by atoms with Crippen molar-refractivity contribution in [3.8, 4) is 0 Å². The molecule has 0 saturated carbocycles. The molecule has 19 heavy (non-hydrogen) atoms. The number of pyridine rings is 1. The lowest BCUT2D eigenvalue weighted by molar-refractivity contribution is -0.136. The summed E-state index contributed by atoms with van der Waals surface area (Å²) in [6.45, 7) is 0. The molecule has 0 radical (unpaired) electrons. The lowest BCUT2D eigenvalue weighted by Gasteiger charge is -2.14. The van der Waals surface area contributed by atoms with E-state index in [0.29, 0.717) is 5.69 Å². The van der Waals surface area contributed by atoms with Gasteiger partial charge in [0, 0.05) is 5.02 Å². The molecule has 0 amide bonds. The molecule has 1 aromatic carbocycles. The van der Waals surface area contributed by atoms with Gasteiger partial charge in [-0.3, -0.25) is 0 Å². The largest absolute Gasteiger partial charge is 0.418 e. The first-order valence-corrected chi connectivity index (χ1v) is 5.59. The minimum absolute atomic E-state index is 0.0216. The number of alkyl halides is 3. The summed E-state index contributed by atoms with van der Waals surface area (Å²) >= 11 is 5.59. The summed E-state index contributed by atoms with van der Waals surface area (Å²) in [5.41, 5.74) is 4.88. The maximum absolute atomic E-state index is 12.9. The van der Waals surface area contributed by atoms with Crippen molar-refractivity contribution in [1.82, 2.24) is 4.98 Å². The Morgan fingerprint density at radius 2 is 1.89 bits per heavy atom. The number of hydrogen-bond donors (Lipinski definition) is 2. The Kier molecular flexibility index (Phi) is 3.53. The fraction of sp³-hybridized carbons (Fsp3) is 0.0833. The van der Waals surface area contributed by atoms with Crippen molar-refractivity contribution in [1.29, 1.82) is 0 Å². The first-order valence-electron chi connectivity index (χ1n) is 5.21. The first kappa shape index (κ1) is 13.5. The van der Waals surface area contributed by atoms with Crippen LogP contribution in [0.15, 0.2) is 36.5 Å². The molecule has 2 aromatic rings. The Bertz CT molecular complexity index is 582. The van der Waals surface area contributed by atoms with E-state index in [1.807, 2.05) is 0 Å². The van der Waals surface area contributed by atoms with Gasteiger partial charge in [0.1, 0.15) is 5.82 Å². The summed E-state index contributed by atoms with van der Waals surface area (Å²) < 4.78 is 38.6. The zero-order valence-corrected chi connectivity index (χ0v) is 10.3. The van der Waals surface area contributed by atoms with E-state index < -0.39 is 11.7 Å². The van der Waals surface area contributed by atoms with E-state index in [0.717, 1.165) is 6.07 Å². The van der Waals surface area contributed by atoms with Crippen molar-refractivity contribution < 1.29 is 13.2 Å². The molecule has 0 aliphatic carbocycles. The normalized spacial score (nSPS) is 11.4. The second-order valence-electron chi connectivity index (χ2n) is 3.78. The number of benzene rings is 1. The maximum atomic E-state index is 12.9. The van der Waals surface area contributed by atoms with Gasteiger partial charge in [0.25, 0.3) is 0 Å².